The van der Waals surface area contributed by atoms with Crippen LogP contribution in [0, 0.1) is 29.0 Å². The van der Waals surface area contributed by atoms with Gasteiger partial charge in [-0.2, -0.15) is 5.26 Å². The van der Waals surface area contributed by atoms with E-state index < -0.39 is 23.4 Å². The van der Waals surface area contributed by atoms with Gasteiger partial charge >= 0.3 is 6.09 Å². The van der Waals surface area contributed by atoms with Crippen LogP contribution in [0.15, 0.2) is 36.5 Å². The number of nitrogens with zero attached hydrogens (tertiary/aromatic N) is 3. The molecule has 3 aliphatic rings. The predicted molar refractivity (Wildman–Crippen MR) is 118 cm³/mol. The maximum atomic E-state index is 15.0. The lowest BCUT2D eigenvalue weighted by molar-refractivity contribution is -0.121. The number of carbonyl (C=O) groups is 2. The van der Waals surface area contributed by atoms with Gasteiger partial charge in [0.05, 0.1) is 30.5 Å². The number of cyclic esters (lactones) is 1. The van der Waals surface area contributed by atoms with E-state index in [9.17, 15) is 19.2 Å². The second-order valence-electron chi connectivity index (χ2n) is 8.72. The van der Waals surface area contributed by atoms with E-state index in [2.05, 4.69) is 21.7 Å². The van der Waals surface area contributed by atoms with Crippen LogP contribution in [0.1, 0.15) is 19.0 Å². The second kappa shape index (κ2) is 8.12. The summed E-state index contributed by atoms with van der Waals surface area (Å²) in [5.41, 5.74) is 1.56. The molecule has 33 heavy (non-hydrogen) atoms. The van der Waals surface area contributed by atoms with Crippen molar-refractivity contribution in [3.8, 4) is 17.2 Å². The zero-order chi connectivity index (χ0) is 23.2. The minimum atomic E-state index is -0.574. The van der Waals surface area contributed by atoms with Crippen LogP contribution >= 0.6 is 0 Å². The third-order valence-corrected chi connectivity index (χ3v) is 6.94. The van der Waals surface area contributed by atoms with Crippen molar-refractivity contribution < 1.29 is 18.7 Å². The van der Waals surface area contributed by atoms with Gasteiger partial charge in [-0.1, -0.05) is 13.0 Å². The molecule has 2 amide bonds. The van der Waals surface area contributed by atoms with Gasteiger partial charge in [-0.05, 0) is 24.3 Å². The van der Waals surface area contributed by atoms with Crippen LogP contribution in [-0.2, 0) is 14.9 Å². The molecule has 0 unspecified atom stereocenters. The van der Waals surface area contributed by atoms with Crippen LogP contribution in [0.4, 0.5) is 14.9 Å². The number of nitrogens with one attached hydrogen (secondary N) is 2. The lowest BCUT2D eigenvalue weighted by atomic mass is 9.96. The summed E-state index contributed by atoms with van der Waals surface area (Å²) in [4.78, 5) is 29.5. The second-order valence-corrected chi connectivity index (χ2v) is 8.72. The monoisotopic (exact) mass is 449 g/mol. The molecule has 2 N–H and O–H groups in total. The Kier molecular flexibility index (Phi) is 5.25. The van der Waals surface area contributed by atoms with E-state index in [-0.39, 0.29) is 30.8 Å². The van der Waals surface area contributed by atoms with Crippen molar-refractivity contribution in [2.45, 2.75) is 24.9 Å². The van der Waals surface area contributed by atoms with Gasteiger partial charge in [0.1, 0.15) is 17.3 Å². The summed E-state index contributed by atoms with van der Waals surface area (Å²) in [5.74, 6) is -0.0331. The molecule has 2 saturated heterocycles. The molecule has 1 aliphatic carbocycles. The Morgan fingerprint density at radius 1 is 1.36 bits per heavy atom. The Bertz CT molecular complexity index is 1140. The summed E-state index contributed by atoms with van der Waals surface area (Å²) < 4.78 is 20.3. The third-order valence-electron chi connectivity index (χ3n) is 6.94. The molecule has 9 heteroatoms. The number of rotatable bonds is 6. The van der Waals surface area contributed by atoms with E-state index in [0.717, 1.165) is 18.8 Å². The van der Waals surface area contributed by atoms with Crippen molar-refractivity contribution in [3.05, 3.63) is 48.0 Å². The first kappa shape index (κ1) is 21.3. The standard InChI is InChI=1S/C24H24FN5O3/c1-2-22(31)29-9-16-12-30(23(32)33-16)15-4-5-17(20(25)7-15)14-3-6-21(28-8-14)24(13-26)18-10-27-11-19(18)24/h3-8,16,18-19,27H,2,9-12H2,1H3,(H,29,31)/t16-,18-,19+,24+/m0/s1. The highest BCUT2D eigenvalue weighted by Crippen LogP contribution is 2.60. The molecule has 3 fully saturated rings. The number of ether oxygens (including phenoxy) is 1. The first-order valence-corrected chi connectivity index (χ1v) is 11.1. The molecule has 1 aromatic heterocycles. The van der Waals surface area contributed by atoms with Crippen LogP contribution in [0.3, 0.4) is 0 Å². The van der Waals surface area contributed by atoms with Gasteiger partial charge in [0, 0.05) is 48.7 Å². The van der Waals surface area contributed by atoms with Crippen LogP contribution in [0.25, 0.3) is 11.1 Å². The highest BCUT2D eigenvalue weighted by Gasteiger charge is 2.69. The predicted octanol–water partition coefficient (Wildman–Crippen LogP) is 2.35. The van der Waals surface area contributed by atoms with E-state index in [1.807, 2.05) is 6.07 Å². The van der Waals surface area contributed by atoms with Crippen molar-refractivity contribution >= 4 is 17.7 Å². The minimum absolute atomic E-state index is 0.123. The molecule has 2 aliphatic heterocycles. The minimum Gasteiger partial charge on any atom is -0.442 e. The van der Waals surface area contributed by atoms with Crippen LogP contribution in [-0.4, -0.2) is 49.3 Å². The highest BCUT2D eigenvalue weighted by molar-refractivity contribution is 5.90. The Morgan fingerprint density at radius 2 is 2.15 bits per heavy atom. The molecule has 0 radical (unpaired) electrons. The van der Waals surface area contributed by atoms with Gasteiger partial charge < -0.3 is 15.4 Å². The third kappa shape index (κ3) is 3.51. The Hall–Kier alpha value is -3.51. The molecule has 8 nitrogen and oxygen atoms in total. The molecule has 0 bridgehead atoms. The maximum Gasteiger partial charge on any atom is 0.414 e. The average molecular weight is 449 g/mol. The van der Waals surface area contributed by atoms with Crippen molar-refractivity contribution in [3.63, 3.8) is 0 Å². The fraction of sp³-hybridized carbons (Fsp3) is 0.417. The van der Waals surface area contributed by atoms with Gasteiger partial charge in [0.2, 0.25) is 5.91 Å². The number of amides is 2. The lowest BCUT2D eigenvalue weighted by Crippen LogP contribution is -2.34. The van der Waals surface area contributed by atoms with Gasteiger partial charge in [-0.25, -0.2) is 9.18 Å². The largest absolute Gasteiger partial charge is 0.442 e. The number of carbonyl (C=O) groups excluding carboxylic acids is 2. The highest BCUT2D eigenvalue weighted by atomic mass is 19.1. The molecular formula is C24H24FN5O3. The number of piperidine rings is 1. The van der Waals surface area contributed by atoms with Crippen molar-refractivity contribution in [2.24, 2.45) is 11.8 Å². The van der Waals surface area contributed by atoms with E-state index in [1.165, 1.54) is 11.0 Å². The Morgan fingerprint density at radius 3 is 2.79 bits per heavy atom. The van der Waals surface area contributed by atoms with Crippen LogP contribution in [0.2, 0.25) is 0 Å². The average Bonchev–Trinajstić information content (AvgIpc) is 3.13. The summed E-state index contributed by atoms with van der Waals surface area (Å²) in [6, 6.07) is 10.6. The van der Waals surface area contributed by atoms with E-state index in [1.54, 1.807) is 31.3 Å². The number of pyridine rings is 1. The fourth-order valence-electron chi connectivity index (χ4n) is 5.04. The lowest BCUT2D eigenvalue weighted by Gasteiger charge is -2.15. The van der Waals surface area contributed by atoms with Gasteiger partial charge in [-0.3, -0.25) is 14.7 Å². The van der Waals surface area contributed by atoms with Gasteiger partial charge in [0.25, 0.3) is 0 Å². The molecule has 4 atom stereocenters. The number of anilines is 1. The first-order valence-electron chi connectivity index (χ1n) is 11.1. The number of fused-ring (bicyclic) bond motifs is 1. The molecule has 1 saturated carbocycles. The molecular weight excluding hydrogens is 425 g/mol. The SMILES string of the molecule is CCC(=O)NC[C@H]1CN(c2ccc(-c3ccc([C@@]4(C#N)[C@@H]5CNC[C@@H]54)nc3)c(F)c2)C(=O)O1. The fourth-order valence-corrected chi connectivity index (χ4v) is 5.04. The summed E-state index contributed by atoms with van der Waals surface area (Å²) in [7, 11) is 0. The number of halogens is 1. The van der Waals surface area contributed by atoms with E-state index >= 15 is 0 Å². The van der Waals surface area contributed by atoms with Gasteiger partial charge in [-0.15, -0.1) is 0 Å². The number of hydrogen-bond donors (Lipinski definition) is 2. The van der Waals surface area contributed by atoms with E-state index in [0.29, 0.717) is 23.2 Å². The number of aromatic nitrogens is 1. The number of benzene rings is 1. The summed E-state index contributed by atoms with van der Waals surface area (Å²) in [6.07, 6.45) is 0.889. The van der Waals surface area contributed by atoms with Gasteiger partial charge in [0.15, 0.2) is 0 Å². The summed E-state index contributed by atoms with van der Waals surface area (Å²) >= 11 is 0. The van der Waals surface area contributed by atoms with Crippen molar-refractivity contribution in [2.75, 3.05) is 31.1 Å². The molecule has 170 valence electrons. The quantitative estimate of drug-likeness (QED) is 0.701. The Balaban J connectivity index is 1.30. The van der Waals surface area contributed by atoms with Crippen molar-refractivity contribution in [1.29, 1.82) is 5.26 Å². The molecule has 5 rings (SSSR count). The Labute approximate surface area is 190 Å². The van der Waals surface area contributed by atoms with Crippen LogP contribution in [0.5, 0.6) is 0 Å². The zero-order valence-electron chi connectivity index (χ0n) is 18.2. The molecule has 1 aromatic carbocycles. The first-order chi connectivity index (χ1) is 16.0. The maximum absolute atomic E-state index is 15.0. The van der Waals surface area contributed by atoms with Crippen molar-refractivity contribution in [1.82, 2.24) is 15.6 Å². The zero-order valence-corrected chi connectivity index (χ0v) is 18.2. The number of nitriles is 1. The number of hydrogen-bond acceptors (Lipinski definition) is 6. The summed E-state index contributed by atoms with van der Waals surface area (Å²) in [6.45, 7) is 3.83. The normalized spacial score (nSPS) is 27.6. The topological polar surface area (TPSA) is 107 Å². The molecule has 2 aromatic rings. The van der Waals surface area contributed by atoms with E-state index in [4.69, 9.17) is 4.74 Å². The molecule has 0 spiro atoms. The smallest absolute Gasteiger partial charge is 0.414 e. The summed E-state index contributed by atoms with van der Waals surface area (Å²) in [5, 5.41) is 15.7. The van der Waals surface area contributed by atoms with Crippen LogP contribution < -0.4 is 15.5 Å². The molecule has 3 heterocycles.